The summed E-state index contributed by atoms with van der Waals surface area (Å²) in [6.07, 6.45) is 6.32. The predicted molar refractivity (Wildman–Crippen MR) is 97.0 cm³/mol. The number of halogens is 1. The molecule has 1 heterocycles. The summed E-state index contributed by atoms with van der Waals surface area (Å²) in [5.74, 6) is 0.750. The van der Waals surface area contributed by atoms with Gasteiger partial charge in [-0.3, -0.25) is 4.79 Å². The lowest BCUT2D eigenvalue weighted by Crippen LogP contribution is -2.43. The zero-order valence-electron chi connectivity index (χ0n) is 14.1. The Morgan fingerprint density at radius 2 is 1.96 bits per heavy atom. The van der Waals surface area contributed by atoms with E-state index in [1.54, 1.807) is 0 Å². The quantitative estimate of drug-likeness (QED) is 0.887. The lowest BCUT2D eigenvalue weighted by molar-refractivity contribution is -0.122. The minimum Gasteiger partial charge on any atom is -0.356 e. The Morgan fingerprint density at radius 3 is 2.70 bits per heavy atom. The van der Waals surface area contributed by atoms with Gasteiger partial charge in [-0.1, -0.05) is 31.2 Å². The summed E-state index contributed by atoms with van der Waals surface area (Å²) in [6, 6.07) is 8.67. The normalized spacial score (nSPS) is 22.6. The molecule has 1 aromatic carbocycles. The summed E-state index contributed by atoms with van der Waals surface area (Å²) >= 11 is 0. The van der Waals surface area contributed by atoms with Gasteiger partial charge >= 0.3 is 0 Å². The van der Waals surface area contributed by atoms with Crippen LogP contribution in [-0.2, 0) is 17.6 Å². The fourth-order valence-corrected chi connectivity index (χ4v) is 3.80. The largest absolute Gasteiger partial charge is 0.356 e. The fraction of sp³-hybridized carbons (Fsp3) is 0.632. The summed E-state index contributed by atoms with van der Waals surface area (Å²) in [7, 11) is 0. The number of benzene rings is 1. The van der Waals surface area contributed by atoms with Crippen LogP contribution < -0.4 is 10.6 Å². The van der Waals surface area contributed by atoms with Crippen molar-refractivity contribution in [2.24, 2.45) is 11.3 Å². The highest BCUT2D eigenvalue weighted by atomic mass is 35.5. The number of rotatable bonds is 4. The summed E-state index contributed by atoms with van der Waals surface area (Å²) in [5, 5.41) is 6.59. The van der Waals surface area contributed by atoms with E-state index in [1.165, 1.54) is 11.1 Å². The van der Waals surface area contributed by atoms with Gasteiger partial charge < -0.3 is 10.6 Å². The van der Waals surface area contributed by atoms with Gasteiger partial charge in [-0.2, -0.15) is 0 Å². The molecule has 1 atom stereocenters. The third-order valence-corrected chi connectivity index (χ3v) is 5.45. The molecule has 128 valence electrons. The molecule has 1 amide bonds. The monoisotopic (exact) mass is 336 g/mol. The molecule has 3 nitrogen and oxygen atoms in total. The number of hydrogen-bond donors (Lipinski definition) is 2. The van der Waals surface area contributed by atoms with E-state index in [0.717, 1.165) is 51.7 Å². The van der Waals surface area contributed by atoms with Crippen LogP contribution in [-0.4, -0.2) is 25.5 Å². The van der Waals surface area contributed by atoms with Crippen LogP contribution in [0, 0.1) is 11.3 Å². The Hall–Kier alpha value is -1.06. The molecule has 0 aromatic heterocycles. The molecule has 2 N–H and O–H groups in total. The SMILES string of the molecule is CC1(CNC(=O)CC2CCc3ccccc3C2)CCNCC1.Cl. The van der Waals surface area contributed by atoms with Gasteiger partial charge in [0.25, 0.3) is 0 Å². The van der Waals surface area contributed by atoms with Gasteiger partial charge in [0.2, 0.25) is 5.91 Å². The van der Waals surface area contributed by atoms with Crippen LogP contribution in [0.1, 0.15) is 43.7 Å². The minimum atomic E-state index is 0. The number of carbonyl (C=O) groups excluding carboxylic acids is 1. The van der Waals surface area contributed by atoms with Crippen LogP contribution in [0.15, 0.2) is 24.3 Å². The zero-order chi connectivity index (χ0) is 15.4. The standard InChI is InChI=1S/C19H28N2O.ClH/c1-19(8-10-20-11-9-19)14-21-18(22)13-15-6-7-16-4-2-3-5-17(16)12-15;/h2-5,15,20H,6-14H2,1H3,(H,21,22);1H. The van der Waals surface area contributed by atoms with Crippen LogP contribution in [0.5, 0.6) is 0 Å². The summed E-state index contributed by atoms with van der Waals surface area (Å²) in [4.78, 5) is 12.3. The topological polar surface area (TPSA) is 41.1 Å². The first-order valence-electron chi connectivity index (χ1n) is 8.69. The molecule has 1 aliphatic heterocycles. The number of amides is 1. The van der Waals surface area contributed by atoms with E-state index >= 15 is 0 Å². The molecule has 4 heteroatoms. The molecule has 0 saturated carbocycles. The Morgan fingerprint density at radius 1 is 1.26 bits per heavy atom. The Balaban J connectivity index is 0.00000192. The van der Waals surface area contributed by atoms with Gasteiger partial charge in [-0.25, -0.2) is 0 Å². The molecule has 1 saturated heterocycles. The Bertz CT molecular complexity index is 526. The molecule has 2 aliphatic rings. The van der Waals surface area contributed by atoms with Crippen molar-refractivity contribution in [3.8, 4) is 0 Å². The molecule has 23 heavy (non-hydrogen) atoms. The predicted octanol–water partition coefficient (Wildman–Crippen LogP) is 3.11. The number of carbonyl (C=O) groups is 1. The van der Waals surface area contributed by atoms with Gasteiger partial charge in [0.15, 0.2) is 0 Å². The highest BCUT2D eigenvalue weighted by Gasteiger charge is 2.27. The third-order valence-electron chi connectivity index (χ3n) is 5.45. The Labute approximate surface area is 146 Å². The van der Waals surface area contributed by atoms with Crippen LogP contribution >= 0.6 is 12.4 Å². The van der Waals surface area contributed by atoms with E-state index in [2.05, 4.69) is 41.8 Å². The number of nitrogens with one attached hydrogen (secondary N) is 2. The van der Waals surface area contributed by atoms with E-state index in [9.17, 15) is 4.79 Å². The molecule has 0 bridgehead atoms. The second kappa shape index (κ2) is 8.16. The molecule has 0 radical (unpaired) electrons. The maximum absolute atomic E-state index is 12.3. The first-order valence-corrected chi connectivity index (χ1v) is 8.69. The van der Waals surface area contributed by atoms with Crippen molar-refractivity contribution in [2.45, 2.75) is 45.4 Å². The number of fused-ring (bicyclic) bond motifs is 1. The maximum Gasteiger partial charge on any atom is 0.220 e. The average molecular weight is 337 g/mol. The van der Waals surface area contributed by atoms with Crippen molar-refractivity contribution in [3.63, 3.8) is 0 Å². The van der Waals surface area contributed by atoms with Crippen LogP contribution in [0.2, 0.25) is 0 Å². The van der Waals surface area contributed by atoms with E-state index in [0.29, 0.717) is 12.3 Å². The summed E-state index contributed by atoms with van der Waals surface area (Å²) < 4.78 is 0. The summed E-state index contributed by atoms with van der Waals surface area (Å²) in [5.41, 5.74) is 3.19. The first-order chi connectivity index (χ1) is 10.6. The average Bonchev–Trinajstić information content (AvgIpc) is 2.54. The van der Waals surface area contributed by atoms with Gasteiger partial charge in [0.1, 0.15) is 0 Å². The van der Waals surface area contributed by atoms with Crippen molar-refractivity contribution < 1.29 is 4.79 Å². The first kappa shape index (κ1) is 18.3. The van der Waals surface area contributed by atoms with Crippen molar-refractivity contribution in [2.75, 3.05) is 19.6 Å². The molecular formula is C19H29ClN2O. The molecule has 1 unspecified atom stereocenters. The minimum absolute atomic E-state index is 0. The molecule has 3 rings (SSSR count). The lowest BCUT2D eigenvalue weighted by atomic mass is 9.80. The van der Waals surface area contributed by atoms with Gasteiger partial charge in [-0.05, 0) is 67.7 Å². The van der Waals surface area contributed by atoms with E-state index in [1.807, 2.05) is 0 Å². The van der Waals surface area contributed by atoms with E-state index in [-0.39, 0.29) is 23.7 Å². The van der Waals surface area contributed by atoms with E-state index < -0.39 is 0 Å². The molecule has 1 fully saturated rings. The van der Waals surface area contributed by atoms with Crippen molar-refractivity contribution in [1.82, 2.24) is 10.6 Å². The van der Waals surface area contributed by atoms with E-state index in [4.69, 9.17) is 0 Å². The molecular weight excluding hydrogens is 308 g/mol. The second-order valence-electron chi connectivity index (χ2n) is 7.42. The van der Waals surface area contributed by atoms with Crippen LogP contribution in [0.3, 0.4) is 0 Å². The van der Waals surface area contributed by atoms with Crippen molar-refractivity contribution in [3.05, 3.63) is 35.4 Å². The molecule has 0 spiro atoms. The van der Waals surface area contributed by atoms with Gasteiger partial charge in [0, 0.05) is 13.0 Å². The summed E-state index contributed by atoms with van der Waals surface area (Å²) in [6.45, 7) is 5.28. The number of hydrogen-bond acceptors (Lipinski definition) is 2. The Kier molecular flexibility index (Phi) is 6.49. The fourth-order valence-electron chi connectivity index (χ4n) is 3.80. The smallest absolute Gasteiger partial charge is 0.220 e. The van der Waals surface area contributed by atoms with Gasteiger partial charge in [-0.15, -0.1) is 12.4 Å². The number of piperidine rings is 1. The lowest BCUT2D eigenvalue weighted by Gasteiger charge is -2.34. The third kappa shape index (κ3) is 4.95. The van der Waals surface area contributed by atoms with Crippen LogP contribution in [0.4, 0.5) is 0 Å². The maximum atomic E-state index is 12.3. The highest BCUT2D eigenvalue weighted by molar-refractivity contribution is 5.85. The zero-order valence-corrected chi connectivity index (χ0v) is 14.9. The van der Waals surface area contributed by atoms with Crippen molar-refractivity contribution in [1.29, 1.82) is 0 Å². The van der Waals surface area contributed by atoms with Gasteiger partial charge in [0.05, 0.1) is 0 Å². The van der Waals surface area contributed by atoms with Crippen molar-refractivity contribution >= 4 is 18.3 Å². The molecule has 1 aromatic rings. The highest BCUT2D eigenvalue weighted by Crippen LogP contribution is 2.28. The molecule has 1 aliphatic carbocycles. The second-order valence-corrected chi connectivity index (χ2v) is 7.42. The number of aryl methyl sites for hydroxylation is 1. The van der Waals surface area contributed by atoms with Crippen LogP contribution in [0.25, 0.3) is 0 Å².